The molecular weight excluding hydrogens is 310 g/mol. The van der Waals surface area contributed by atoms with Crippen molar-refractivity contribution in [2.24, 2.45) is 0 Å². The van der Waals surface area contributed by atoms with Crippen molar-refractivity contribution in [2.75, 3.05) is 33.4 Å². The van der Waals surface area contributed by atoms with E-state index in [1.54, 1.807) is 12.1 Å². The van der Waals surface area contributed by atoms with E-state index in [0.717, 1.165) is 12.1 Å². The van der Waals surface area contributed by atoms with Gasteiger partial charge in [0.1, 0.15) is 5.60 Å². The van der Waals surface area contributed by atoms with Gasteiger partial charge < -0.3 is 19.3 Å². The number of esters is 1. The third-order valence-electron chi connectivity index (χ3n) is 3.78. The summed E-state index contributed by atoms with van der Waals surface area (Å²) in [5.74, 6) is 0.359. The number of carbonyl (C=O) groups excluding carboxylic acids is 1. The first kappa shape index (κ1) is 18.5. The molecule has 1 fully saturated rings. The number of methoxy groups -OCH3 is 1. The van der Waals surface area contributed by atoms with Gasteiger partial charge in [-0.3, -0.25) is 9.69 Å². The number of nitrogens with zero attached hydrogens (tertiary/aromatic N) is 1. The first-order valence-electron chi connectivity index (χ1n) is 8.21. The standard InChI is InChI=1S/C18H27NO5/c1-18(2,3)24-17(21)7-8-19-9-10-23-16(12-19)13-5-6-14(20)15(11-13)22-4/h5-6,11,16,20H,7-10,12H2,1-4H3. The average molecular weight is 337 g/mol. The maximum Gasteiger partial charge on any atom is 0.307 e. The number of morpholine rings is 1. The summed E-state index contributed by atoms with van der Waals surface area (Å²) in [6.45, 7) is 8.33. The summed E-state index contributed by atoms with van der Waals surface area (Å²) in [6, 6.07) is 5.23. The summed E-state index contributed by atoms with van der Waals surface area (Å²) in [5.41, 5.74) is 0.499. The van der Waals surface area contributed by atoms with Gasteiger partial charge in [-0.1, -0.05) is 6.07 Å². The molecule has 134 valence electrons. The molecule has 0 radical (unpaired) electrons. The Morgan fingerprint density at radius 3 is 2.83 bits per heavy atom. The predicted molar refractivity (Wildman–Crippen MR) is 90.3 cm³/mol. The number of phenolic OH excluding ortho intramolecular Hbond substituents is 1. The molecule has 0 saturated carbocycles. The zero-order valence-electron chi connectivity index (χ0n) is 14.9. The second-order valence-electron chi connectivity index (χ2n) is 6.93. The second-order valence-corrected chi connectivity index (χ2v) is 6.93. The lowest BCUT2D eigenvalue weighted by Gasteiger charge is -2.33. The lowest BCUT2D eigenvalue weighted by atomic mass is 10.1. The van der Waals surface area contributed by atoms with Gasteiger partial charge >= 0.3 is 5.97 Å². The quantitative estimate of drug-likeness (QED) is 0.833. The fraction of sp³-hybridized carbons (Fsp3) is 0.611. The van der Waals surface area contributed by atoms with E-state index in [9.17, 15) is 9.90 Å². The molecule has 6 heteroatoms. The summed E-state index contributed by atoms with van der Waals surface area (Å²) < 4.78 is 16.3. The van der Waals surface area contributed by atoms with Crippen molar-refractivity contribution < 1.29 is 24.1 Å². The van der Waals surface area contributed by atoms with Crippen LogP contribution in [0.4, 0.5) is 0 Å². The van der Waals surface area contributed by atoms with Gasteiger partial charge in [0.05, 0.1) is 26.2 Å². The molecule has 1 aromatic carbocycles. The van der Waals surface area contributed by atoms with Crippen molar-refractivity contribution in [3.05, 3.63) is 23.8 Å². The van der Waals surface area contributed by atoms with Crippen LogP contribution in [0.25, 0.3) is 0 Å². The van der Waals surface area contributed by atoms with Crippen LogP contribution in [-0.2, 0) is 14.3 Å². The number of ether oxygens (including phenoxy) is 3. The zero-order chi connectivity index (χ0) is 17.7. The SMILES string of the molecule is COc1cc(C2CN(CCC(=O)OC(C)(C)C)CCO2)ccc1O. The van der Waals surface area contributed by atoms with Crippen LogP contribution in [0.3, 0.4) is 0 Å². The third kappa shape index (κ3) is 5.39. The minimum absolute atomic E-state index is 0.105. The molecule has 1 aliphatic heterocycles. The Balaban J connectivity index is 1.91. The molecule has 2 rings (SSSR count). The van der Waals surface area contributed by atoms with Crippen molar-refractivity contribution in [3.63, 3.8) is 0 Å². The first-order valence-corrected chi connectivity index (χ1v) is 8.21. The number of rotatable bonds is 5. The molecule has 0 spiro atoms. The molecule has 6 nitrogen and oxygen atoms in total. The van der Waals surface area contributed by atoms with E-state index in [0.29, 0.717) is 31.9 Å². The smallest absolute Gasteiger partial charge is 0.307 e. The number of hydrogen-bond acceptors (Lipinski definition) is 6. The molecule has 0 aliphatic carbocycles. The highest BCUT2D eigenvalue weighted by Gasteiger charge is 2.24. The fourth-order valence-electron chi connectivity index (χ4n) is 2.64. The topological polar surface area (TPSA) is 68.2 Å². The Bertz CT molecular complexity index is 567. The van der Waals surface area contributed by atoms with Gasteiger partial charge in [-0.2, -0.15) is 0 Å². The predicted octanol–water partition coefficient (Wildman–Crippen LogP) is 2.51. The van der Waals surface area contributed by atoms with E-state index in [4.69, 9.17) is 14.2 Å². The summed E-state index contributed by atoms with van der Waals surface area (Å²) >= 11 is 0. The lowest BCUT2D eigenvalue weighted by Crippen LogP contribution is -2.39. The van der Waals surface area contributed by atoms with E-state index in [2.05, 4.69) is 4.90 Å². The molecule has 1 N–H and O–H groups in total. The number of carbonyl (C=O) groups is 1. The zero-order valence-corrected chi connectivity index (χ0v) is 14.9. The largest absolute Gasteiger partial charge is 0.504 e. The molecule has 1 heterocycles. The minimum atomic E-state index is -0.451. The van der Waals surface area contributed by atoms with E-state index < -0.39 is 5.60 Å². The maximum absolute atomic E-state index is 11.8. The number of aromatic hydroxyl groups is 1. The molecule has 24 heavy (non-hydrogen) atoms. The maximum atomic E-state index is 11.8. The Kier molecular flexibility index (Phi) is 6.07. The van der Waals surface area contributed by atoms with E-state index in [1.807, 2.05) is 26.8 Å². The lowest BCUT2D eigenvalue weighted by molar-refractivity contribution is -0.155. The minimum Gasteiger partial charge on any atom is -0.504 e. The van der Waals surface area contributed by atoms with Crippen LogP contribution < -0.4 is 4.74 Å². The van der Waals surface area contributed by atoms with E-state index in [1.165, 1.54) is 7.11 Å². The van der Waals surface area contributed by atoms with Gasteiger partial charge in [-0.15, -0.1) is 0 Å². The van der Waals surface area contributed by atoms with Gasteiger partial charge in [0.15, 0.2) is 11.5 Å². The van der Waals surface area contributed by atoms with Crippen LogP contribution in [0.2, 0.25) is 0 Å². The highest BCUT2D eigenvalue weighted by atomic mass is 16.6. The molecule has 0 bridgehead atoms. The van der Waals surface area contributed by atoms with Crippen LogP contribution in [0.15, 0.2) is 18.2 Å². The highest BCUT2D eigenvalue weighted by Crippen LogP contribution is 2.31. The van der Waals surface area contributed by atoms with Crippen molar-refractivity contribution in [1.29, 1.82) is 0 Å². The molecule has 1 aliphatic rings. The average Bonchev–Trinajstić information content (AvgIpc) is 2.52. The van der Waals surface area contributed by atoms with Crippen LogP contribution in [-0.4, -0.2) is 54.9 Å². The number of phenols is 1. The fourth-order valence-corrected chi connectivity index (χ4v) is 2.64. The van der Waals surface area contributed by atoms with Crippen molar-refractivity contribution in [3.8, 4) is 11.5 Å². The summed E-state index contributed by atoms with van der Waals surface area (Å²) in [5, 5.41) is 9.70. The molecule has 0 aromatic heterocycles. The van der Waals surface area contributed by atoms with Crippen LogP contribution in [0.5, 0.6) is 11.5 Å². The third-order valence-corrected chi connectivity index (χ3v) is 3.78. The van der Waals surface area contributed by atoms with E-state index in [-0.39, 0.29) is 17.8 Å². The van der Waals surface area contributed by atoms with Gasteiger partial charge in [0.25, 0.3) is 0 Å². The van der Waals surface area contributed by atoms with Crippen molar-refractivity contribution in [2.45, 2.75) is 38.9 Å². The molecular formula is C18H27NO5. The van der Waals surface area contributed by atoms with Crippen molar-refractivity contribution >= 4 is 5.97 Å². The normalized spacial score (nSPS) is 19.1. The Morgan fingerprint density at radius 1 is 1.42 bits per heavy atom. The van der Waals surface area contributed by atoms with Gasteiger partial charge in [0.2, 0.25) is 0 Å². The highest BCUT2D eigenvalue weighted by molar-refractivity contribution is 5.70. The molecule has 0 amide bonds. The molecule has 1 unspecified atom stereocenters. The number of benzene rings is 1. The molecule has 1 atom stereocenters. The van der Waals surface area contributed by atoms with E-state index >= 15 is 0 Å². The molecule has 1 aromatic rings. The first-order chi connectivity index (χ1) is 11.3. The Morgan fingerprint density at radius 2 is 2.17 bits per heavy atom. The van der Waals surface area contributed by atoms with Gasteiger partial charge in [-0.25, -0.2) is 0 Å². The van der Waals surface area contributed by atoms with Crippen LogP contribution in [0, 0.1) is 0 Å². The van der Waals surface area contributed by atoms with Crippen LogP contribution >= 0.6 is 0 Å². The van der Waals surface area contributed by atoms with Crippen molar-refractivity contribution in [1.82, 2.24) is 4.90 Å². The monoisotopic (exact) mass is 337 g/mol. The Hall–Kier alpha value is -1.79. The number of hydrogen-bond donors (Lipinski definition) is 1. The summed E-state index contributed by atoms with van der Waals surface area (Å²) in [4.78, 5) is 14.0. The second kappa shape index (κ2) is 7.85. The summed E-state index contributed by atoms with van der Waals surface area (Å²) in [7, 11) is 1.52. The Labute approximate surface area is 143 Å². The van der Waals surface area contributed by atoms with Crippen LogP contribution in [0.1, 0.15) is 38.9 Å². The van der Waals surface area contributed by atoms with Gasteiger partial charge in [0, 0.05) is 19.6 Å². The molecule has 1 saturated heterocycles. The van der Waals surface area contributed by atoms with Gasteiger partial charge in [-0.05, 0) is 38.5 Å². The summed E-state index contributed by atoms with van der Waals surface area (Å²) in [6.07, 6.45) is 0.259.